The molecule has 4 nitrogen and oxygen atoms in total. The molecule has 0 saturated carbocycles. The van der Waals surface area contributed by atoms with Gasteiger partial charge in [-0.3, -0.25) is 0 Å². The number of aliphatic hydroxyl groups excluding tert-OH is 1. The molecule has 0 fully saturated rings. The van der Waals surface area contributed by atoms with Crippen molar-refractivity contribution in [3.8, 4) is 11.5 Å². The van der Waals surface area contributed by atoms with E-state index in [1.54, 1.807) is 18.2 Å². The van der Waals surface area contributed by atoms with Crippen molar-refractivity contribution in [1.29, 1.82) is 0 Å². The van der Waals surface area contributed by atoms with Gasteiger partial charge in [0.1, 0.15) is 0 Å². The molecule has 20 heavy (non-hydrogen) atoms. The van der Waals surface area contributed by atoms with Crippen LogP contribution >= 0.6 is 0 Å². The van der Waals surface area contributed by atoms with Crippen molar-refractivity contribution in [3.63, 3.8) is 0 Å². The third-order valence-electron chi connectivity index (χ3n) is 3.04. The Labute approximate surface area is 117 Å². The summed E-state index contributed by atoms with van der Waals surface area (Å²) in [6, 6.07) is 4.84. The highest BCUT2D eigenvalue weighted by atomic mass is 19.3. The molecular formula is C14H21F2NO3. The highest BCUT2D eigenvalue weighted by Crippen LogP contribution is 2.32. The fourth-order valence-electron chi connectivity index (χ4n) is 1.84. The second-order valence-corrected chi connectivity index (χ2v) is 4.74. The van der Waals surface area contributed by atoms with Gasteiger partial charge in [0.05, 0.1) is 13.7 Å². The molecule has 0 saturated heterocycles. The maximum atomic E-state index is 12.5. The molecule has 1 rings (SSSR count). The third kappa shape index (κ3) is 4.61. The summed E-state index contributed by atoms with van der Waals surface area (Å²) in [6.45, 7) is 1.31. The van der Waals surface area contributed by atoms with Crippen LogP contribution in [0.1, 0.15) is 19.4 Å². The van der Waals surface area contributed by atoms with E-state index in [0.717, 1.165) is 0 Å². The molecule has 0 aliphatic carbocycles. The summed E-state index contributed by atoms with van der Waals surface area (Å²) in [5, 5.41) is 12.4. The Bertz CT molecular complexity index is 413. The molecule has 2 N–H and O–H groups in total. The Kier molecular flexibility index (Phi) is 6.67. The van der Waals surface area contributed by atoms with Gasteiger partial charge in [-0.25, -0.2) is 0 Å². The van der Waals surface area contributed by atoms with Gasteiger partial charge in [0.25, 0.3) is 0 Å². The lowest BCUT2D eigenvalue weighted by Gasteiger charge is -2.21. The summed E-state index contributed by atoms with van der Waals surface area (Å²) in [5.74, 6) is 0.512. The van der Waals surface area contributed by atoms with Crippen LogP contribution in [0.25, 0.3) is 0 Å². The summed E-state index contributed by atoms with van der Waals surface area (Å²) in [5.41, 5.74) is 0.559. The van der Waals surface area contributed by atoms with Gasteiger partial charge in [-0.2, -0.15) is 8.78 Å². The zero-order valence-electron chi connectivity index (χ0n) is 11.9. The Morgan fingerprint density at radius 1 is 1.30 bits per heavy atom. The minimum atomic E-state index is -2.91. The van der Waals surface area contributed by atoms with Crippen LogP contribution in [0.3, 0.4) is 0 Å². The second kappa shape index (κ2) is 8.01. The normalized spacial score (nSPS) is 12.8. The number of benzene rings is 1. The van der Waals surface area contributed by atoms with E-state index in [1.807, 2.05) is 13.8 Å². The zero-order valence-corrected chi connectivity index (χ0v) is 11.9. The SMILES string of the molecule is COc1cccc(CNC(CO)C(C)C)c1OC(F)F. The molecule has 1 aromatic rings. The van der Waals surface area contributed by atoms with E-state index < -0.39 is 6.61 Å². The number of para-hydroxylation sites is 1. The van der Waals surface area contributed by atoms with Crippen molar-refractivity contribution in [3.05, 3.63) is 23.8 Å². The predicted octanol–water partition coefficient (Wildman–Crippen LogP) is 2.40. The van der Waals surface area contributed by atoms with E-state index in [-0.39, 0.29) is 30.1 Å². The summed E-state index contributed by atoms with van der Waals surface area (Å²) in [6.07, 6.45) is 0. The van der Waals surface area contributed by atoms with Crippen LogP contribution in [0.15, 0.2) is 18.2 Å². The van der Waals surface area contributed by atoms with Crippen molar-refractivity contribution >= 4 is 0 Å². The topological polar surface area (TPSA) is 50.7 Å². The second-order valence-electron chi connectivity index (χ2n) is 4.74. The first-order valence-electron chi connectivity index (χ1n) is 6.44. The highest BCUT2D eigenvalue weighted by Gasteiger charge is 2.17. The molecule has 114 valence electrons. The van der Waals surface area contributed by atoms with Crippen LogP contribution in [0.2, 0.25) is 0 Å². The molecule has 0 radical (unpaired) electrons. The first kappa shape index (κ1) is 16.7. The van der Waals surface area contributed by atoms with E-state index in [0.29, 0.717) is 12.1 Å². The number of alkyl halides is 2. The average molecular weight is 289 g/mol. The molecule has 1 aromatic carbocycles. The van der Waals surface area contributed by atoms with Crippen LogP contribution < -0.4 is 14.8 Å². The number of nitrogens with one attached hydrogen (secondary N) is 1. The molecule has 0 aliphatic rings. The quantitative estimate of drug-likeness (QED) is 0.771. The summed E-state index contributed by atoms with van der Waals surface area (Å²) < 4.78 is 34.5. The Hall–Kier alpha value is -1.40. The van der Waals surface area contributed by atoms with Gasteiger partial charge in [0.15, 0.2) is 11.5 Å². The van der Waals surface area contributed by atoms with E-state index >= 15 is 0 Å². The first-order chi connectivity index (χ1) is 9.49. The number of hydrogen-bond acceptors (Lipinski definition) is 4. The monoisotopic (exact) mass is 289 g/mol. The average Bonchev–Trinajstić information content (AvgIpc) is 2.39. The lowest BCUT2D eigenvalue weighted by molar-refractivity contribution is -0.0519. The number of aliphatic hydroxyl groups is 1. The number of methoxy groups -OCH3 is 1. The summed E-state index contributed by atoms with van der Waals surface area (Å²) in [7, 11) is 1.40. The van der Waals surface area contributed by atoms with Crippen LogP contribution in [0, 0.1) is 5.92 Å². The maximum Gasteiger partial charge on any atom is 0.387 e. The van der Waals surface area contributed by atoms with Gasteiger partial charge in [-0.05, 0) is 12.0 Å². The summed E-state index contributed by atoms with van der Waals surface area (Å²) in [4.78, 5) is 0. The van der Waals surface area contributed by atoms with Gasteiger partial charge in [-0.1, -0.05) is 26.0 Å². The van der Waals surface area contributed by atoms with Gasteiger partial charge in [-0.15, -0.1) is 0 Å². The van der Waals surface area contributed by atoms with Gasteiger partial charge >= 0.3 is 6.61 Å². The van der Waals surface area contributed by atoms with Crippen LogP contribution in [0.4, 0.5) is 8.78 Å². The predicted molar refractivity (Wildman–Crippen MR) is 72.2 cm³/mol. The number of rotatable bonds is 8. The molecule has 1 atom stereocenters. The first-order valence-corrected chi connectivity index (χ1v) is 6.44. The molecule has 0 aliphatic heterocycles. The number of halogens is 2. The van der Waals surface area contributed by atoms with Crippen LogP contribution in [0.5, 0.6) is 11.5 Å². The van der Waals surface area contributed by atoms with Crippen molar-refractivity contribution in [1.82, 2.24) is 5.32 Å². The minimum Gasteiger partial charge on any atom is -0.493 e. The van der Waals surface area contributed by atoms with E-state index in [4.69, 9.17) is 4.74 Å². The number of hydrogen-bond donors (Lipinski definition) is 2. The molecule has 1 unspecified atom stereocenters. The summed E-state index contributed by atoms with van der Waals surface area (Å²) >= 11 is 0. The third-order valence-corrected chi connectivity index (χ3v) is 3.04. The van der Waals surface area contributed by atoms with Gasteiger partial charge in [0.2, 0.25) is 0 Å². The molecule has 0 spiro atoms. The smallest absolute Gasteiger partial charge is 0.387 e. The standard InChI is InChI=1S/C14H21F2NO3/c1-9(2)11(8-18)17-7-10-5-4-6-12(19-3)13(10)20-14(15)16/h4-6,9,11,14,17-18H,7-8H2,1-3H3. The van der Waals surface area contributed by atoms with Crippen molar-refractivity contribution in [2.45, 2.75) is 33.0 Å². The van der Waals surface area contributed by atoms with Crippen LogP contribution in [-0.4, -0.2) is 31.5 Å². The highest BCUT2D eigenvalue weighted by molar-refractivity contribution is 5.46. The van der Waals surface area contributed by atoms with Crippen molar-refractivity contribution in [2.75, 3.05) is 13.7 Å². The molecular weight excluding hydrogens is 268 g/mol. The Balaban J connectivity index is 2.88. The molecule has 0 heterocycles. The van der Waals surface area contributed by atoms with Crippen molar-refractivity contribution < 1.29 is 23.4 Å². The van der Waals surface area contributed by atoms with Gasteiger partial charge in [0, 0.05) is 18.2 Å². The lowest BCUT2D eigenvalue weighted by Crippen LogP contribution is -2.36. The Morgan fingerprint density at radius 2 is 2.00 bits per heavy atom. The minimum absolute atomic E-state index is 0.0212. The molecule has 0 bridgehead atoms. The van der Waals surface area contributed by atoms with Gasteiger partial charge < -0.3 is 19.9 Å². The molecule has 0 aromatic heterocycles. The molecule has 0 amide bonds. The lowest BCUT2D eigenvalue weighted by atomic mass is 10.0. The fourth-order valence-corrected chi connectivity index (χ4v) is 1.84. The largest absolute Gasteiger partial charge is 0.493 e. The Morgan fingerprint density at radius 3 is 2.50 bits per heavy atom. The van der Waals surface area contributed by atoms with E-state index in [2.05, 4.69) is 10.1 Å². The van der Waals surface area contributed by atoms with Crippen LogP contribution in [-0.2, 0) is 6.54 Å². The fraction of sp³-hybridized carbons (Fsp3) is 0.571. The number of ether oxygens (including phenoxy) is 2. The maximum absolute atomic E-state index is 12.5. The van der Waals surface area contributed by atoms with E-state index in [9.17, 15) is 13.9 Å². The zero-order chi connectivity index (χ0) is 15.1. The molecule has 6 heteroatoms. The van der Waals surface area contributed by atoms with Crippen molar-refractivity contribution in [2.24, 2.45) is 5.92 Å². The van der Waals surface area contributed by atoms with E-state index in [1.165, 1.54) is 7.11 Å².